The third kappa shape index (κ3) is 3.03. The molecule has 0 spiro atoms. The van der Waals surface area contributed by atoms with Crippen LogP contribution in [0.3, 0.4) is 0 Å². The zero-order valence-electron chi connectivity index (χ0n) is 7.76. The average Bonchev–Trinajstić information content (AvgIpc) is 2.18. The van der Waals surface area contributed by atoms with E-state index >= 15 is 0 Å². The van der Waals surface area contributed by atoms with E-state index in [1.807, 2.05) is 18.2 Å². The van der Waals surface area contributed by atoms with Crippen molar-refractivity contribution in [3.63, 3.8) is 0 Å². The molecule has 1 aromatic rings. The number of methoxy groups -OCH3 is 1. The summed E-state index contributed by atoms with van der Waals surface area (Å²) in [6.45, 7) is 0.533. The lowest BCUT2D eigenvalue weighted by Crippen LogP contribution is -2.31. The molecule has 1 atom stereocenters. The van der Waals surface area contributed by atoms with Gasteiger partial charge in [0.1, 0.15) is 0 Å². The Hall–Kier alpha value is 0.0600. The van der Waals surface area contributed by atoms with Crippen LogP contribution in [0.4, 0.5) is 0 Å². The fraction of sp³-hybridized carbons (Fsp3) is 0.333. The Bertz CT molecular complexity index is 307. The highest BCUT2D eigenvalue weighted by Gasteiger charge is 2.12. The molecule has 5 heteroatoms. The Morgan fingerprint density at radius 1 is 1.50 bits per heavy atom. The molecule has 1 unspecified atom stereocenters. The monoisotopic (exact) mass is 322 g/mol. The molecular weight excluding hydrogens is 312 g/mol. The SMILES string of the molecule is COCC(NN)c1cc(Br)ccc1Br. The molecule has 0 aliphatic heterocycles. The fourth-order valence-electron chi connectivity index (χ4n) is 1.18. The van der Waals surface area contributed by atoms with Crippen LogP contribution in [0.5, 0.6) is 0 Å². The summed E-state index contributed by atoms with van der Waals surface area (Å²) in [6.07, 6.45) is 0. The number of hydrogen-bond acceptors (Lipinski definition) is 3. The quantitative estimate of drug-likeness (QED) is 0.660. The van der Waals surface area contributed by atoms with Crippen molar-refractivity contribution in [3.05, 3.63) is 32.7 Å². The van der Waals surface area contributed by atoms with E-state index in [4.69, 9.17) is 10.6 Å². The van der Waals surface area contributed by atoms with E-state index in [0.717, 1.165) is 14.5 Å². The van der Waals surface area contributed by atoms with E-state index in [-0.39, 0.29) is 6.04 Å². The molecule has 14 heavy (non-hydrogen) atoms. The second kappa shape index (κ2) is 5.82. The van der Waals surface area contributed by atoms with Crippen LogP contribution in [0.2, 0.25) is 0 Å². The third-order valence-electron chi connectivity index (χ3n) is 1.87. The van der Waals surface area contributed by atoms with Crippen molar-refractivity contribution < 1.29 is 4.74 Å². The predicted octanol–water partition coefficient (Wildman–Crippen LogP) is 2.36. The normalized spacial score (nSPS) is 12.9. The molecule has 3 nitrogen and oxygen atoms in total. The van der Waals surface area contributed by atoms with Crippen molar-refractivity contribution in [1.82, 2.24) is 5.43 Å². The standard InChI is InChI=1S/C9H12Br2N2O/c1-14-5-9(13-12)7-4-6(10)2-3-8(7)11/h2-4,9,13H,5,12H2,1H3. The average molecular weight is 324 g/mol. The van der Waals surface area contributed by atoms with Gasteiger partial charge in [-0.05, 0) is 23.8 Å². The van der Waals surface area contributed by atoms with E-state index in [1.165, 1.54) is 0 Å². The number of nitrogens with two attached hydrogens (primary N) is 1. The van der Waals surface area contributed by atoms with Gasteiger partial charge in [-0.2, -0.15) is 0 Å². The van der Waals surface area contributed by atoms with Crippen molar-refractivity contribution >= 4 is 31.9 Å². The van der Waals surface area contributed by atoms with Crippen molar-refractivity contribution in [1.29, 1.82) is 0 Å². The minimum Gasteiger partial charge on any atom is -0.383 e. The van der Waals surface area contributed by atoms with Gasteiger partial charge in [-0.1, -0.05) is 31.9 Å². The summed E-state index contributed by atoms with van der Waals surface area (Å²) in [5.41, 5.74) is 3.78. The Balaban J connectivity index is 2.96. The number of halogens is 2. The van der Waals surface area contributed by atoms with Crippen molar-refractivity contribution in [2.75, 3.05) is 13.7 Å². The summed E-state index contributed by atoms with van der Waals surface area (Å²) in [4.78, 5) is 0. The molecule has 0 bridgehead atoms. The van der Waals surface area contributed by atoms with Gasteiger partial charge >= 0.3 is 0 Å². The van der Waals surface area contributed by atoms with Crippen molar-refractivity contribution in [2.45, 2.75) is 6.04 Å². The van der Waals surface area contributed by atoms with Gasteiger partial charge < -0.3 is 4.74 Å². The maximum atomic E-state index is 5.44. The molecule has 0 fully saturated rings. The first kappa shape index (κ1) is 12.1. The summed E-state index contributed by atoms with van der Waals surface area (Å²) >= 11 is 6.88. The summed E-state index contributed by atoms with van der Waals surface area (Å²) < 4.78 is 7.10. The topological polar surface area (TPSA) is 47.3 Å². The summed E-state index contributed by atoms with van der Waals surface area (Å²) in [5, 5.41) is 0. The van der Waals surface area contributed by atoms with Crippen molar-refractivity contribution in [2.24, 2.45) is 5.84 Å². The molecule has 3 N–H and O–H groups in total. The minimum absolute atomic E-state index is 0.00752. The molecule has 0 aromatic heterocycles. The Kier molecular flexibility index (Phi) is 5.05. The number of ether oxygens (including phenoxy) is 1. The van der Waals surface area contributed by atoms with Gasteiger partial charge in [0.2, 0.25) is 0 Å². The number of nitrogens with one attached hydrogen (secondary N) is 1. The molecule has 0 amide bonds. The molecule has 0 saturated heterocycles. The third-order valence-corrected chi connectivity index (χ3v) is 3.08. The number of rotatable bonds is 4. The highest BCUT2D eigenvalue weighted by atomic mass is 79.9. The van der Waals surface area contributed by atoms with Crippen LogP contribution < -0.4 is 11.3 Å². The molecule has 1 rings (SSSR count). The molecule has 0 aliphatic carbocycles. The molecule has 1 aromatic carbocycles. The fourth-order valence-corrected chi connectivity index (χ4v) is 2.08. The van der Waals surface area contributed by atoms with Crippen LogP contribution in [0.15, 0.2) is 27.1 Å². The maximum Gasteiger partial charge on any atom is 0.0705 e. The summed E-state index contributed by atoms with van der Waals surface area (Å²) in [6, 6.07) is 5.94. The lowest BCUT2D eigenvalue weighted by atomic mass is 10.1. The van der Waals surface area contributed by atoms with Crippen LogP contribution in [-0.2, 0) is 4.74 Å². The first-order valence-electron chi connectivity index (χ1n) is 4.09. The first-order chi connectivity index (χ1) is 6.69. The van der Waals surface area contributed by atoms with Gasteiger partial charge in [0, 0.05) is 16.1 Å². The second-order valence-electron chi connectivity index (χ2n) is 2.84. The van der Waals surface area contributed by atoms with Gasteiger partial charge in [-0.25, -0.2) is 0 Å². The van der Waals surface area contributed by atoms with E-state index in [0.29, 0.717) is 6.61 Å². The van der Waals surface area contributed by atoms with Crippen LogP contribution in [0.25, 0.3) is 0 Å². The zero-order valence-corrected chi connectivity index (χ0v) is 10.9. The van der Waals surface area contributed by atoms with Gasteiger partial charge in [-0.15, -0.1) is 0 Å². The second-order valence-corrected chi connectivity index (χ2v) is 4.61. The molecule has 78 valence electrons. The maximum absolute atomic E-state index is 5.44. The summed E-state index contributed by atoms with van der Waals surface area (Å²) in [7, 11) is 1.65. The predicted molar refractivity (Wildman–Crippen MR) is 63.8 cm³/mol. The Morgan fingerprint density at radius 2 is 2.21 bits per heavy atom. The van der Waals surface area contributed by atoms with E-state index in [9.17, 15) is 0 Å². The van der Waals surface area contributed by atoms with Crippen LogP contribution in [0, 0.1) is 0 Å². The molecule has 0 radical (unpaired) electrons. The molecule has 0 saturated carbocycles. The Morgan fingerprint density at radius 3 is 2.79 bits per heavy atom. The zero-order chi connectivity index (χ0) is 10.6. The van der Waals surface area contributed by atoms with Crippen LogP contribution in [0.1, 0.15) is 11.6 Å². The highest BCUT2D eigenvalue weighted by molar-refractivity contribution is 9.11. The van der Waals surface area contributed by atoms with E-state index < -0.39 is 0 Å². The van der Waals surface area contributed by atoms with Crippen LogP contribution >= 0.6 is 31.9 Å². The van der Waals surface area contributed by atoms with Gasteiger partial charge in [-0.3, -0.25) is 11.3 Å². The lowest BCUT2D eigenvalue weighted by molar-refractivity contribution is 0.167. The number of hydrazine groups is 1. The molecule has 0 heterocycles. The summed E-state index contributed by atoms with van der Waals surface area (Å²) in [5.74, 6) is 5.44. The van der Waals surface area contributed by atoms with Crippen LogP contribution in [-0.4, -0.2) is 13.7 Å². The first-order valence-corrected chi connectivity index (χ1v) is 5.67. The molecular formula is C9H12Br2N2O. The largest absolute Gasteiger partial charge is 0.383 e. The highest BCUT2D eigenvalue weighted by Crippen LogP contribution is 2.26. The van der Waals surface area contributed by atoms with E-state index in [1.54, 1.807) is 7.11 Å². The Labute approximate surface area is 100 Å². The minimum atomic E-state index is -0.00752. The number of benzene rings is 1. The van der Waals surface area contributed by atoms with Gasteiger partial charge in [0.05, 0.1) is 12.6 Å². The van der Waals surface area contributed by atoms with E-state index in [2.05, 4.69) is 37.3 Å². The molecule has 0 aliphatic rings. The number of hydrogen-bond donors (Lipinski definition) is 2. The van der Waals surface area contributed by atoms with Gasteiger partial charge in [0.25, 0.3) is 0 Å². The van der Waals surface area contributed by atoms with Gasteiger partial charge in [0.15, 0.2) is 0 Å². The van der Waals surface area contributed by atoms with Crippen molar-refractivity contribution in [3.8, 4) is 0 Å². The smallest absolute Gasteiger partial charge is 0.0705 e. The lowest BCUT2D eigenvalue weighted by Gasteiger charge is -2.17.